The van der Waals surface area contributed by atoms with E-state index in [1.165, 1.54) is 0 Å². The largest absolute Gasteiger partial charge is 0.392 e. The van der Waals surface area contributed by atoms with Gasteiger partial charge < -0.3 is 15.7 Å². The molecule has 1 aromatic rings. The summed E-state index contributed by atoms with van der Waals surface area (Å²) in [7, 11) is 0. The van der Waals surface area contributed by atoms with Crippen LogP contribution in [0.1, 0.15) is 43.5 Å². The summed E-state index contributed by atoms with van der Waals surface area (Å²) in [4.78, 5) is 11.9. The molecule has 3 rings (SSSR count). The maximum Gasteiger partial charge on any atom is 0.251 e. The van der Waals surface area contributed by atoms with E-state index < -0.39 is 0 Å². The minimum absolute atomic E-state index is 0.0125. The van der Waals surface area contributed by atoms with Crippen LogP contribution in [0.25, 0.3) is 0 Å². The molecule has 2 fully saturated rings. The summed E-state index contributed by atoms with van der Waals surface area (Å²) in [6, 6.07) is 8.23. The predicted octanol–water partition coefficient (Wildman–Crippen LogP) is 2.15. The van der Waals surface area contributed by atoms with Gasteiger partial charge in [0, 0.05) is 28.7 Å². The molecule has 4 nitrogen and oxygen atoms in total. The van der Waals surface area contributed by atoms with Crippen LogP contribution in [-0.4, -0.2) is 29.2 Å². The number of amides is 1. The van der Waals surface area contributed by atoms with Crippen molar-refractivity contribution in [3.63, 3.8) is 0 Å². The highest BCUT2D eigenvalue weighted by Crippen LogP contribution is 2.42. The van der Waals surface area contributed by atoms with E-state index in [9.17, 15) is 9.90 Å². The van der Waals surface area contributed by atoms with E-state index in [-0.39, 0.29) is 23.5 Å². The van der Waals surface area contributed by atoms with Crippen molar-refractivity contribution in [1.82, 2.24) is 5.32 Å². The van der Waals surface area contributed by atoms with Gasteiger partial charge in [-0.05, 0) is 43.5 Å². The summed E-state index contributed by atoms with van der Waals surface area (Å²) >= 11 is 0. The molecule has 0 aliphatic heterocycles. The normalized spacial score (nSPS) is 27.6. The van der Waals surface area contributed by atoms with E-state index in [0.717, 1.165) is 24.9 Å². The molecule has 1 amide bonds. The van der Waals surface area contributed by atoms with Gasteiger partial charge in [-0.2, -0.15) is 0 Å². The zero-order valence-electron chi connectivity index (χ0n) is 12.0. The van der Waals surface area contributed by atoms with Gasteiger partial charge in [0.2, 0.25) is 0 Å². The van der Waals surface area contributed by atoms with Crippen LogP contribution in [0, 0.1) is 5.41 Å². The molecule has 2 aliphatic rings. The van der Waals surface area contributed by atoms with E-state index in [1.807, 2.05) is 24.3 Å². The molecule has 0 spiro atoms. The van der Waals surface area contributed by atoms with Gasteiger partial charge in [0.15, 0.2) is 0 Å². The number of nitrogens with one attached hydrogen (secondary N) is 2. The minimum Gasteiger partial charge on any atom is -0.392 e. The first kappa shape index (κ1) is 13.4. The Balaban J connectivity index is 1.60. The maximum absolute atomic E-state index is 11.9. The average molecular weight is 274 g/mol. The molecule has 0 saturated heterocycles. The summed E-state index contributed by atoms with van der Waals surface area (Å²) < 4.78 is 0. The summed E-state index contributed by atoms with van der Waals surface area (Å²) in [6.07, 6.45) is 2.75. The topological polar surface area (TPSA) is 61.4 Å². The van der Waals surface area contributed by atoms with Gasteiger partial charge in [0.05, 0.1) is 6.10 Å². The Morgan fingerprint density at radius 1 is 1.25 bits per heavy atom. The number of aliphatic hydroxyl groups is 1. The third-order valence-corrected chi connectivity index (χ3v) is 4.62. The minimum atomic E-state index is -0.233. The number of hydrogen-bond acceptors (Lipinski definition) is 3. The Morgan fingerprint density at radius 2 is 1.90 bits per heavy atom. The fourth-order valence-electron chi connectivity index (χ4n) is 2.56. The number of carbonyl (C=O) groups is 1. The molecule has 2 unspecified atom stereocenters. The second-order valence-electron chi connectivity index (χ2n) is 6.59. The van der Waals surface area contributed by atoms with Crippen LogP contribution in [0.5, 0.6) is 0 Å². The lowest BCUT2D eigenvalue weighted by Gasteiger charge is -2.49. The molecule has 0 heterocycles. The van der Waals surface area contributed by atoms with Crippen LogP contribution in [0.3, 0.4) is 0 Å². The van der Waals surface area contributed by atoms with Crippen molar-refractivity contribution in [2.45, 2.75) is 51.3 Å². The van der Waals surface area contributed by atoms with Crippen LogP contribution in [0.4, 0.5) is 5.69 Å². The molecule has 0 bridgehead atoms. The van der Waals surface area contributed by atoms with Crippen LogP contribution in [0.2, 0.25) is 0 Å². The van der Waals surface area contributed by atoms with Crippen molar-refractivity contribution < 1.29 is 9.90 Å². The van der Waals surface area contributed by atoms with Gasteiger partial charge in [-0.15, -0.1) is 0 Å². The first-order valence-corrected chi connectivity index (χ1v) is 7.32. The molecule has 1 aromatic carbocycles. The lowest BCUT2D eigenvalue weighted by molar-refractivity contribution is -0.0510. The second-order valence-corrected chi connectivity index (χ2v) is 6.59. The zero-order chi connectivity index (χ0) is 14.3. The van der Waals surface area contributed by atoms with Gasteiger partial charge in [0.1, 0.15) is 0 Å². The smallest absolute Gasteiger partial charge is 0.251 e. The molecule has 2 saturated carbocycles. The molecule has 20 heavy (non-hydrogen) atoms. The Morgan fingerprint density at radius 3 is 2.40 bits per heavy atom. The Labute approximate surface area is 119 Å². The summed E-state index contributed by atoms with van der Waals surface area (Å²) in [5, 5.41) is 16.1. The lowest BCUT2D eigenvalue weighted by Crippen LogP contribution is -2.56. The highest BCUT2D eigenvalue weighted by Gasteiger charge is 2.47. The van der Waals surface area contributed by atoms with Crippen LogP contribution >= 0.6 is 0 Å². The fourth-order valence-corrected chi connectivity index (χ4v) is 2.56. The average Bonchev–Trinajstić information content (AvgIpc) is 3.23. The number of anilines is 1. The summed E-state index contributed by atoms with van der Waals surface area (Å²) in [5.74, 6) is 0.0125. The van der Waals surface area contributed by atoms with Gasteiger partial charge >= 0.3 is 0 Å². The van der Waals surface area contributed by atoms with Crippen molar-refractivity contribution in [3.05, 3.63) is 29.8 Å². The first-order chi connectivity index (χ1) is 9.46. The standard InChI is InChI=1S/C16H22N2O2/c1-16(2)13(9-14(16)19)17-11-5-3-10(4-6-11)15(20)18-12-7-8-12/h3-6,12-14,17,19H,7-9H2,1-2H3,(H,18,20). The number of carbonyl (C=O) groups excluding carboxylic acids is 1. The number of rotatable bonds is 4. The zero-order valence-corrected chi connectivity index (χ0v) is 12.0. The quantitative estimate of drug-likeness (QED) is 0.788. The van der Waals surface area contributed by atoms with Crippen LogP contribution in [0.15, 0.2) is 24.3 Å². The first-order valence-electron chi connectivity index (χ1n) is 7.32. The Hall–Kier alpha value is -1.55. The number of aliphatic hydroxyl groups excluding tert-OH is 1. The number of hydrogen-bond donors (Lipinski definition) is 3. The monoisotopic (exact) mass is 274 g/mol. The Bertz CT molecular complexity index is 506. The summed E-state index contributed by atoms with van der Waals surface area (Å²) in [6.45, 7) is 4.13. The van der Waals surface area contributed by atoms with E-state index in [0.29, 0.717) is 11.6 Å². The van der Waals surface area contributed by atoms with E-state index in [1.54, 1.807) is 0 Å². The van der Waals surface area contributed by atoms with Crippen molar-refractivity contribution in [1.29, 1.82) is 0 Å². The van der Waals surface area contributed by atoms with Crippen LogP contribution in [-0.2, 0) is 0 Å². The molecular formula is C16H22N2O2. The molecule has 2 aliphatic carbocycles. The van der Waals surface area contributed by atoms with Crippen molar-refractivity contribution >= 4 is 11.6 Å². The summed E-state index contributed by atoms with van der Waals surface area (Å²) in [5.41, 5.74) is 1.61. The second kappa shape index (κ2) is 4.77. The van der Waals surface area contributed by atoms with Crippen molar-refractivity contribution in [2.75, 3.05) is 5.32 Å². The Kier molecular flexibility index (Phi) is 3.21. The van der Waals surface area contributed by atoms with Gasteiger partial charge in [-0.3, -0.25) is 4.79 Å². The molecule has 108 valence electrons. The number of benzene rings is 1. The fraction of sp³-hybridized carbons (Fsp3) is 0.562. The lowest BCUT2D eigenvalue weighted by atomic mass is 9.64. The molecule has 0 aromatic heterocycles. The van der Waals surface area contributed by atoms with E-state index in [2.05, 4.69) is 24.5 Å². The van der Waals surface area contributed by atoms with E-state index >= 15 is 0 Å². The van der Waals surface area contributed by atoms with Gasteiger partial charge in [-0.1, -0.05) is 13.8 Å². The molecule has 3 N–H and O–H groups in total. The third kappa shape index (κ3) is 2.52. The highest BCUT2D eigenvalue weighted by molar-refractivity contribution is 5.94. The maximum atomic E-state index is 11.9. The molecule has 0 radical (unpaired) electrons. The third-order valence-electron chi connectivity index (χ3n) is 4.62. The predicted molar refractivity (Wildman–Crippen MR) is 78.7 cm³/mol. The van der Waals surface area contributed by atoms with Crippen LogP contribution < -0.4 is 10.6 Å². The molecule has 4 heteroatoms. The van der Waals surface area contributed by atoms with Gasteiger partial charge in [-0.25, -0.2) is 0 Å². The molecule has 2 atom stereocenters. The SMILES string of the molecule is CC1(C)C(O)CC1Nc1ccc(C(=O)NC2CC2)cc1. The van der Waals surface area contributed by atoms with Crippen molar-refractivity contribution in [3.8, 4) is 0 Å². The molecular weight excluding hydrogens is 252 g/mol. The van der Waals surface area contributed by atoms with E-state index in [4.69, 9.17) is 0 Å². The highest BCUT2D eigenvalue weighted by atomic mass is 16.3. The van der Waals surface area contributed by atoms with Crippen molar-refractivity contribution in [2.24, 2.45) is 5.41 Å². The van der Waals surface area contributed by atoms with Gasteiger partial charge in [0.25, 0.3) is 5.91 Å².